The Morgan fingerprint density at radius 2 is 2.25 bits per heavy atom. The summed E-state index contributed by atoms with van der Waals surface area (Å²) >= 11 is 0. The van der Waals surface area contributed by atoms with Crippen LogP contribution in [0.1, 0.15) is 26.7 Å². The van der Waals surface area contributed by atoms with E-state index >= 15 is 0 Å². The van der Waals surface area contributed by atoms with Gasteiger partial charge in [0.15, 0.2) is 0 Å². The van der Waals surface area contributed by atoms with Crippen LogP contribution in [0.3, 0.4) is 0 Å². The molecule has 0 saturated heterocycles. The first-order chi connectivity index (χ1) is 3.62. The Morgan fingerprint density at radius 3 is 2.38 bits per heavy atom. The highest BCUT2D eigenvalue weighted by atomic mass is 16.3. The maximum atomic E-state index is 9.21. The van der Waals surface area contributed by atoms with Crippen LogP contribution < -0.4 is 0 Å². The van der Waals surface area contributed by atoms with Crippen LogP contribution in [-0.4, -0.2) is 10.7 Å². The number of aliphatic hydroxyl groups is 1. The van der Waals surface area contributed by atoms with Gasteiger partial charge in [0.25, 0.3) is 0 Å². The zero-order valence-corrected chi connectivity index (χ0v) is 5.65. The molecule has 1 heteroatoms. The quantitative estimate of drug-likeness (QED) is 0.554. The first-order valence-corrected chi connectivity index (χ1v) is 2.98. The molecule has 0 aromatic rings. The predicted molar refractivity (Wildman–Crippen MR) is 35.7 cm³/mol. The Hall–Kier alpha value is -0.300. The van der Waals surface area contributed by atoms with Gasteiger partial charge in [-0.2, -0.15) is 0 Å². The van der Waals surface area contributed by atoms with Gasteiger partial charge in [-0.25, -0.2) is 0 Å². The summed E-state index contributed by atoms with van der Waals surface area (Å²) < 4.78 is 0. The van der Waals surface area contributed by atoms with Gasteiger partial charge in [0.05, 0.1) is 5.60 Å². The fraction of sp³-hybridized carbons (Fsp3) is 0.714. The van der Waals surface area contributed by atoms with Crippen LogP contribution in [0.4, 0.5) is 0 Å². The third-order valence-corrected chi connectivity index (χ3v) is 1.20. The van der Waals surface area contributed by atoms with Crippen molar-refractivity contribution in [1.82, 2.24) is 0 Å². The summed E-state index contributed by atoms with van der Waals surface area (Å²) in [6.45, 7) is 7.31. The highest BCUT2D eigenvalue weighted by Gasteiger charge is 2.11. The molecule has 1 N–H and O–H groups in total. The highest BCUT2D eigenvalue weighted by Crippen LogP contribution is 2.11. The molecule has 0 bridgehead atoms. The summed E-state index contributed by atoms with van der Waals surface area (Å²) in [5.41, 5.74) is -0.644. The molecular formula is C7H14O. The summed E-state index contributed by atoms with van der Waals surface area (Å²) in [6.07, 6.45) is 3.38. The lowest BCUT2D eigenvalue weighted by molar-refractivity contribution is 0.101. The minimum atomic E-state index is -0.644. The molecule has 1 unspecified atom stereocenters. The first-order valence-electron chi connectivity index (χ1n) is 2.98. The van der Waals surface area contributed by atoms with E-state index in [9.17, 15) is 5.11 Å². The van der Waals surface area contributed by atoms with Crippen LogP contribution in [0, 0.1) is 0 Å². The number of rotatable bonds is 3. The van der Waals surface area contributed by atoms with Crippen molar-refractivity contribution >= 4 is 0 Å². The van der Waals surface area contributed by atoms with E-state index in [1.54, 1.807) is 13.0 Å². The predicted octanol–water partition coefficient (Wildman–Crippen LogP) is 1.72. The van der Waals surface area contributed by atoms with Gasteiger partial charge in [-0.15, -0.1) is 6.58 Å². The van der Waals surface area contributed by atoms with E-state index in [2.05, 4.69) is 6.58 Å². The van der Waals surface area contributed by atoms with E-state index in [-0.39, 0.29) is 0 Å². The summed E-state index contributed by atoms with van der Waals surface area (Å²) in [4.78, 5) is 0. The lowest BCUT2D eigenvalue weighted by Gasteiger charge is -2.15. The van der Waals surface area contributed by atoms with Crippen LogP contribution in [0.15, 0.2) is 12.7 Å². The maximum absolute atomic E-state index is 9.21. The minimum Gasteiger partial charge on any atom is -0.386 e. The van der Waals surface area contributed by atoms with Crippen LogP contribution >= 0.6 is 0 Å². The van der Waals surface area contributed by atoms with E-state index in [4.69, 9.17) is 0 Å². The molecule has 0 aliphatic rings. The van der Waals surface area contributed by atoms with Crippen LogP contribution in [0.5, 0.6) is 0 Å². The molecule has 0 aliphatic carbocycles. The molecule has 0 spiro atoms. The van der Waals surface area contributed by atoms with Crippen molar-refractivity contribution in [2.45, 2.75) is 32.3 Å². The minimum absolute atomic E-state index is 0.644. The summed E-state index contributed by atoms with van der Waals surface area (Å²) in [5, 5.41) is 9.21. The molecule has 0 heterocycles. The van der Waals surface area contributed by atoms with Crippen LogP contribution in [0.2, 0.25) is 0 Å². The lowest BCUT2D eigenvalue weighted by atomic mass is 10.0. The second kappa shape index (κ2) is 2.88. The average molecular weight is 114 g/mol. The van der Waals surface area contributed by atoms with Gasteiger partial charge < -0.3 is 5.11 Å². The Kier molecular flexibility index (Phi) is 2.77. The largest absolute Gasteiger partial charge is 0.386 e. The lowest BCUT2D eigenvalue weighted by Crippen LogP contribution is -2.18. The molecule has 0 radical (unpaired) electrons. The second-order valence-electron chi connectivity index (χ2n) is 2.31. The third-order valence-electron chi connectivity index (χ3n) is 1.20. The van der Waals surface area contributed by atoms with Crippen LogP contribution in [0.25, 0.3) is 0 Å². The molecule has 1 nitrogen and oxygen atoms in total. The van der Waals surface area contributed by atoms with Gasteiger partial charge in [-0.05, 0) is 13.3 Å². The zero-order valence-electron chi connectivity index (χ0n) is 5.65. The molecule has 48 valence electrons. The summed E-state index contributed by atoms with van der Waals surface area (Å²) in [7, 11) is 0. The molecular weight excluding hydrogens is 100 g/mol. The SMILES string of the molecule is C=CC(C)(O)CCC. The van der Waals surface area contributed by atoms with E-state index in [0.29, 0.717) is 0 Å². The normalized spacial score (nSPS) is 17.4. The molecule has 0 fully saturated rings. The van der Waals surface area contributed by atoms with Crippen molar-refractivity contribution in [3.63, 3.8) is 0 Å². The van der Waals surface area contributed by atoms with Crippen molar-refractivity contribution < 1.29 is 5.11 Å². The molecule has 0 amide bonds. The maximum Gasteiger partial charge on any atom is 0.0796 e. The van der Waals surface area contributed by atoms with Crippen molar-refractivity contribution in [1.29, 1.82) is 0 Å². The fourth-order valence-electron chi connectivity index (χ4n) is 0.608. The summed E-state index contributed by atoms with van der Waals surface area (Å²) in [6, 6.07) is 0. The fourth-order valence-corrected chi connectivity index (χ4v) is 0.608. The molecule has 0 aromatic carbocycles. The van der Waals surface area contributed by atoms with Crippen molar-refractivity contribution in [3.05, 3.63) is 12.7 Å². The van der Waals surface area contributed by atoms with E-state index in [1.165, 1.54) is 0 Å². The Morgan fingerprint density at radius 1 is 1.75 bits per heavy atom. The smallest absolute Gasteiger partial charge is 0.0796 e. The van der Waals surface area contributed by atoms with Gasteiger partial charge in [-0.1, -0.05) is 19.4 Å². The van der Waals surface area contributed by atoms with Crippen molar-refractivity contribution in [2.24, 2.45) is 0 Å². The second-order valence-corrected chi connectivity index (χ2v) is 2.31. The van der Waals surface area contributed by atoms with Gasteiger partial charge in [0, 0.05) is 0 Å². The summed E-state index contributed by atoms with van der Waals surface area (Å²) in [5.74, 6) is 0. The number of hydrogen-bond acceptors (Lipinski definition) is 1. The van der Waals surface area contributed by atoms with E-state index in [0.717, 1.165) is 12.8 Å². The third kappa shape index (κ3) is 2.80. The standard InChI is InChI=1S/C7H14O/c1-4-6-7(3,8)5-2/h5,8H,2,4,6H2,1,3H3. The topological polar surface area (TPSA) is 20.2 Å². The zero-order chi connectivity index (χ0) is 6.62. The van der Waals surface area contributed by atoms with E-state index < -0.39 is 5.60 Å². The van der Waals surface area contributed by atoms with Gasteiger partial charge in [-0.3, -0.25) is 0 Å². The van der Waals surface area contributed by atoms with Crippen molar-refractivity contribution in [3.8, 4) is 0 Å². The van der Waals surface area contributed by atoms with Gasteiger partial charge in [0.2, 0.25) is 0 Å². The van der Waals surface area contributed by atoms with Crippen molar-refractivity contribution in [2.75, 3.05) is 0 Å². The van der Waals surface area contributed by atoms with Gasteiger partial charge in [0.1, 0.15) is 0 Å². The monoisotopic (exact) mass is 114 g/mol. The first kappa shape index (κ1) is 7.70. The highest BCUT2D eigenvalue weighted by molar-refractivity contribution is 4.90. The molecule has 1 atom stereocenters. The molecule has 8 heavy (non-hydrogen) atoms. The molecule has 0 aromatic heterocycles. The average Bonchev–Trinajstić information content (AvgIpc) is 1.67. The Balaban J connectivity index is 3.53. The van der Waals surface area contributed by atoms with Crippen LogP contribution in [-0.2, 0) is 0 Å². The Bertz CT molecular complexity index is 74.5. The van der Waals surface area contributed by atoms with E-state index in [1.807, 2.05) is 6.92 Å². The molecule has 0 rings (SSSR count). The molecule has 0 aliphatic heterocycles. The van der Waals surface area contributed by atoms with Gasteiger partial charge >= 0.3 is 0 Å². The number of hydrogen-bond donors (Lipinski definition) is 1. The Labute approximate surface area is 51.0 Å². The molecule has 0 saturated carbocycles.